The summed E-state index contributed by atoms with van der Waals surface area (Å²) in [6.45, 7) is 1.79. The maximum Gasteiger partial charge on any atom is 0.195 e. The van der Waals surface area contributed by atoms with Crippen LogP contribution in [0.5, 0.6) is 0 Å². The Kier molecular flexibility index (Phi) is 2.46. The van der Waals surface area contributed by atoms with E-state index in [1.807, 2.05) is 0 Å². The Balaban J connectivity index is 2.96. The molecular formula is C11H8F3NO. The van der Waals surface area contributed by atoms with Crippen molar-refractivity contribution in [3.63, 3.8) is 0 Å². The number of nitrogens with one attached hydrogen (secondary N) is 1. The number of fused-ring (bicyclic) bond motifs is 1. The number of aromatic nitrogens is 1. The lowest BCUT2D eigenvalue weighted by Gasteiger charge is -2.04. The first-order chi connectivity index (χ1) is 7.54. The van der Waals surface area contributed by atoms with E-state index < -0.39 is 28.3 Å². The van der Waals surface area contributed by atoms with Crippen molar-refractivity contribution in [2.24, 2.45) is 0 Å². The predicted octanol–water partition coefficient (Wildman–Crippen LogP) is 2.51. The van der Waals surface area contributed by atoms with Gasteiger partial charge in [0.15, 0.2) is 22.9 Å². The number of halogens is 3. The third-order valence-electron chi connectivity index (χ3n) is 2.39. The van der Waals surface area contributed by atoms with Crippen molar-refractivity contribution < 1.29 is 13.2 Å². The molecule has 2 aromatic rings. The maximum atomic E-state index is 13.3. The van der Waals surface area contributed by atoms with Crippen LogP contribution in [0.1, 0.15) is 12.6 Å². The van der Waals surface area contributed by atoms with Gasteiger partial charge in [-0.05, 0) is 6.42 Å². The van der Waals surface area contributed by atoms with Crippen LogP contribution in [0, 0.1) is 17.5 Å². The van der Waals surface area contributed by atoms with Crippen molar-refractivity contribution in [1.82, 2.24) is 4.98 Å². The Morgan fingerprint density at radius 3 is 2.50 bits per heavy atom. The summed E-state index contributed by atoms with van der Waals surface area (Å²) in [6.07, 6.45) is 0.520. The fourth-order valence-electron chi connectivity index (χ4n) is 1.56. The molecule has 0 fully saturated rings. The SMILES string of the molecule is CCc1cc(=O)c2c(F)c(F)c(F)cc2[nH]1. The third-order valence-corrected chi connectivity index (χ3v) is 2.39. The zero-order chi connectivity index (χ0) is 11.9. The zero-order valence-electron chi connectivity index (χ0n) is 8.40. The van der Waals surface area contributed by atoms with Gasteiger partial charge in [-0.1, -0.05) is 6.92 Å². The molecule has 0 radical (unpaired) electrons. The molecule has 0 unspecified atom stereocenters. The number of benzene rings is 1. The van der Waals surface area contributed by atoms with Crippen LogP contribution in [-0.2, 0) is 6.42 Å². The van der Waals surface area contributed by atoms with E-state index in [9.17, 15) is 18.0 Å². The molecule has 0 aliphatic rings. The fourth-order valence-corrected chi connectivity index (χ4v) is 1.56. The minimum Gasteiger partial charge on any atom is -0.358 e. The van der Waals surface area contributed by atoms with E-state index in [1.165, 1.54) is 6.07 Å². The van der Waals surface area contributed by atoms with Gasteiger partial charge in [-0.3, -0.25) is 4.79 Å². The molecule has 0 saturated heterocycles. The van der Waals surface area contributed by atoms with Crippen LogP contribution < -0.4 is 5.43 Å². The van der Waals surface area contributed by atoms with Crippen molar-refractivity contribution in [3.05, 3.63) is 45.5 Å². The molecule has 5 heteroatoms. The van der Waals surface area contributed by atoms with E-state index in [-0.39, 0.29) is 5.52 Å². The van der Waals surface area contributed by atoms with Gasteiger partial charge in [0, 0.05) is 17.8 Å². The molecule has 0 spiro atoms. The Bertz CT molecular complexity index is 619. The number of pyridine rings is 1. The van der Waals surface area contributed by atoms with Gasteiger partial charge in [-0.15, -0.1) is 0 Å². The molecule has 16 heavy (non-hydrogen) atoms. The highest BCUT2D eigenvalue weighted by molar-refractivity contribution is 5.79. The lowest BCUT2D eigenvalue weighted by atomic mass is 10.1. The molecule has 0 aliphatic heterocycles. The van der Waals surface area contributed by atoms with Crippen LogP contribution in [0.15, 0.2) is 16.9 Å². The van der Waals surface area contributed by atoms with Gasteiger partial charge in [0.2, 0.25) is 0 Å². The van der Waals surface area contributed by atoms with Gasteiger partial charge >= 0.3 is 0 Å². The molecule has 0 atom stereocenters. The van der Waals surface area contributed by atoms with E-state index in [0.29, 0.717) is 12.1 Å². The molecule has 1 heterocycles. The van der Waals surface area contributed by atoms with Crippen LogP contribution in [0.4, 0.5) is 13.2 Å². The summed E-state index contributed by atoms with van der Waals surface area (Å²) < 4.78 is 39.2. The van der Waals surface area contributed by atoms with Crippen molar-refractivity contribution >= 4 is 10.9 Å². The first kappa shape index (κ1) is 10.7. The summed E-state index contributed by atoms with van der Waals surface area (Å²) in [5.74, 6) is -4.38. The minimum atomic E-state index is -1.62. The average Bonchev–Trinajstić information content (AvgIpc) is 2.25. The van der Waals surface area contributed by atoms with Gasteiger partial charge in [-0.25, -0.2) is 13.2 Å². The highest BCUT2D eigenvalue weighted by atomic mass is 19.2. The highest BCUT2D eigenvalue weighted by Gasteiger charge is 2.16. The Morgan fingerprint density at radius 2 is 1.88 bits per heavy atom. The van der Waals surface area contributed by atoms with Crippen molar-refractivity contribution in [3.8, 4) is 0 Å². The fraction of sp³-hybridized carbons (Fsp3) is 0.182. The van der Waals surface area contributed by atoms with Gasteiger partial charge < -0.3 is 4.98 Å². The third kappa shape index (κ3) is 1.48. The van der Waals surface area contributed by atoms with E-state index >= 15 is 0 Å². The van der Waals surface area contributed by atoms with E-state index in [2.05, 4.69) is 4.98 Å². The second-order valence-corrected chi connectivity index (χ2v) is 3.42. The van der Waals surface area contributed by atoms with Crippen LogP contribution in [0.3, 0.4) is 0 Å². The topological polar surface area (TPSA) is 32.9 Å². The Morgan fingerprint density at radius 1 is 1.19 bits per heavy atom. The first-order valence-corrected chi connectivity index (χ1v) is 4.74. The van der Waals surface area contributed by atoms with Crippen molar-refractivity contribution in [1.29, 1.82) is 0 Å². The van der Waals surface area contributed by atoms with Crippen LogP contribution in [0.2, 0.25) is 0 Å². The largest absolute Gasteiger partial charge is 0.358 e. The summed E-state index contributed by atoms with van der Waals surface area (Å²) in [6, 6.07) is 1.97. The normalized spacial score (nSPS) is 11.0. The summed E-state index contributed by atoms with van der Waals surface area (Å²) in [5.41, 5.74) is -0.134. The van der Waals surface area contributed by atoms with Gasteiger partial charge in [0.25, 0.3) is 0 Å². The number of rotatable bonds is 1. The number of hydrogen-bond acceptors (Lipinski definition) is 1. The van der Waals surface area contributed by atoms with Crippen molar-refractivity contribution in [2.45, 2.75) is 13.3 Å². The van der Waals surface area contributed by atoms with Crippen LogP contribution in [-0.4, -0.2) is 4.98 Å². The number of hydrogen-bond donors (Lipinski definition) is 1. The number of aryl methyl sites for hydroxylation is 1. The van der Waals surface area contributed by atoms with Gasteiger partial charge in [0.05, 0.1) is 10.9 Å². The molecule has 84 valence electrons. The standard InChI is InChI=1S/C11H8F3NO/c1-2-5-3-8(16)9-7(15-5)4-6(12)10(13)11(9)14/h3-4H,2H2,1H3,(H,15,16). The lowest BCUT2D eigenvalue weighted by molar-refractivity contribution is 0.453. The van der Waals surface area contributed by atoms with Crippen LogP contribution in [0.25, 0.3) is 10.9 Å². The summed E-state index contributed by atoms with van der Waals surface area (Å²) in [4.78, 5) is 14.2. The lowest BCUT2D eigenvalue weighted by Crippen LogP contribution is -2.09. The summed E-state index contributed by atoms with van der Waals surface area (Å²) in [5, 5.41) is -0.448. The average molecular weight is 227 g/mol. The molecule has 2 nitrogen and oxygen atoms in total. The van der Waals surface area contributed by atoms with Gasteiger partial charge in [0.1, 0.15) is 0 Å². The zero-order valence-corrected chi connectivity index (χ0v) is 8.40. The smallest absolute Gasteiger partial charge is 0.195 e. The molecule has 2 rings (SSSR count). The predicted molar refractivity (Wildman–Crippen MR) is 53.8 cm³/mol. The molecule has 0 saturated carbocycles. The molecule has 1 aromatic heterocycles. The summed E-state index contributed by atoms with van der Waals surface area (Å²) in [7, 11) is 0. The molecular weight excluding hydrogens is 219 g/mol. The summed E-state index contributed by atoms with van der Waals surface area (Å²) >= 11 is 0. The highest BCUT2D eigenvalue weighted by Crippen LogP contribution is 2.19. The monoisotopic (exact) mass is 227 g/mol. The molecule has 1 aromatic carbocycles. The number of aromatic amines is 1. The maximum absolute atomic E-state index is 13.3. The minimum absolute atomic E-state index is 0.0271. The molecule has 0 aliphatic carbocycles. The second kappa shape index (κ2) is 3.66. The second-order valence-electron chi connectivity index (χ2n) is 3.42. The Labute approximate surface area is 88.7 Å². The van der Waals surface area contributed by atoms with E-state index in [4.69, 9.17) is 0 Å². The molecule has 1 N–H and O–H groups in total. The van der Waals surface area contributed by atoms with Gasteiger partial charge in [-0.2, -0.15) is 0 Å². The first-order valence-electron chi connectivity index (χ1n) is 4.74. The molecule has 0 amide bonds. The van der Waals surface area contributed by atoms with Crippen molar-refractivity contribution in [2.75, 3.05) is 0 Å². The van der Waals surface area contributed by atoms with Crippen LogP contribution >= 0.6 is 0 Å². The van der Waals surface area contributed by atoms with E-state index in [0.717, 1.165) is 6.07 Å². The Hall–Kier alpha value is -1.78. The quantitative estimate of drug-likeness (QED) is 0.746. The number of H-pyrrole nitrogens is 1. The molecule has 0 bridgehead atoms. The van der Waals surface area contributed by atoms with E-state index in [1.54, 1.807) is 6.92 Å².